The second kappa shape index (κ2) is 6.32. The summed E-state index contributed by atoms with van der Waals surface area (Å²) in [6.07, 6.45) is 5.25. The molecule has 2 fully saturated rings. The van der Waals surface area contributed by atoms with Crippen LogP contribution in [0, 0.1) is 6.92 Å². The van der Waals surface area contributed by atoms with Crippen LogP contribution in [0.1, 0.15) is 29.8 Å². The molecule has 0 aromatic carbocycles. The first-order valence-electron chi connectivity index (χ1n) is 8.55. The maximum atomic E-state index is 12.5. The van der Waals surface area contributed by atoms with Crippen LogP contribution in [-0.4, -0.2) is 44.3 Å². The molecule has 24 heavy (non-hydrogen) atoms. The predicted molar refractivity (Wildman–Crippen MR) is 91.0 cm³/mol. The van der Waals surface area contributed by atoms with E-state index in [4.69, 9.17) is 0 Å². The molecule has 0 spiro atoms. The molecular weight excluding hydrogens is 300 g/mol. The summed E-state index contributed by atoms with van der Waals surface area (Å²) in [5, 5.41) is 0. The summed E-state index contributed by atoms with van der Waals surface area (Å²) in [7, 11) is 0. The van der Waals surface area contributed by atoms with Gasteiger partial charge in [-0.05, 0) is 43.2 Å². The summed E-state index contributed by atoms with van der Waals surface area (Å²) < 4.78 is 0. The fraction of sp³-hybridized carbons (Fsp3) is 0.421. The van der Waals surface area contributed by atoms with E-state index in [9.17, 15) is 4.79 Å². The average Bonchev–Trinajstić information content (AvgIpc) is 3.09. The Morgan fingerprint density at radius 2 is 1.96 bits per heavy atom. The number of carbonyl (C=O) groups excluding carboxylic acids is 1. The normalized spacial score (nSPS) is 23.7. The van der Waals surface area contributed by atoms with Crippen molar-refractivity contribution in [3.63, 3.8) is 0 Å². The molecular formula is C19H22N4O. The van der Waals surface area contributed by atoms with E-state index in [2.05, 4.69) is 31.9 Å². The zero-order chi connectivity index (χ0) is 16.5. The molecule has 5 heteroatoms. The van der Waals surface area contributed by atoms with Crippen LogP contribution in [0.15, 0.2) is 42.7 Å². The van der Waals surface area contributed by atoms with Gasteiger partial charge in [0.05, 0.1) is 5.69 Å². The lowest BCUT2D eigenvalue weighted by atomic mass is 10.1. The second-order valence-electron chi connectivity index (χ2n) is 6.75. The van der Waals surface area contributed by atoms with Crippen molar-refractivity contribution in [2.24, 2.45) is 0 Å². The van der Waals surface area contributed by atoms with E-state index in [0.29, 0.717) is 25.0 Å². The monoisotopic (exact) mass is 322 g/mol. The van der Waals surface area contributed by atoms with Gasteiger partial charge < -0.3 is 4.90 Å². The molecule has 4 rings (SSSR count). The Kier molecular flexibility index (Phi) is 4.02. The van der Waals surface area contributed by atoms with Crippen molar-refractivity contribution >= 4 is 5.91 Å². The molecule has 0 bridgehead atoms. The third kappa shape index (κ3) is 2.91. The Bertz CT molecular complexity index is 733. The molecule has 2 aliphatic heterocycles. The third-order valence-corrected chi connectivity index (χ3v) is 5.14. The van der Waals surface area contributed by atoms with Gasteiger partial charge in [0.1, 0.15) is 0 Å². The van der Waals surface area contributed by atoms with Crippen molar-refractivity contribution in [2.45, 2.75) is 44.9 Å². The van der Waals surface area contributed by atoms with E-state index in [1.54, 1.807) is 12.4 Å². The van der Waals surface area contributed by atoms with E-state index < -0.39 is 0 Å². The zero-order valence-electron chi connectivity index (χ0n) is 13.9. The minimum Gasteiger partial charge on any atom is -0.334 e. The van der Waals surface area contributed by atoms with Crippen molar-refractivity contribution in [2.75, 3.05) is 6.54 Å². The molecule has 2 aromatic rings. The molecule has 2 atom stereocenters. The fourth-order valence-corrected chi connectivity index (χ4v) is 3.99. The number of likely N-dealkylation sites (tertiary alicyclic amines) is 2. The van der Waals surface area contributed by atoms with Gasteiger partial charge in [0.2, 0.25) is 5.91 Å². The summed E-state index contributed by atoms with van der Waals surface area (Å²) in [4.78, 5) is 25.7. The number of hydrogen-bond donors (Lipinski definition) is 0. The molecule has 0 radical (unpaired) electrons. The Labute approximate surface area is 142 Å². The summed E-state index contributed by atoms with van der Waals surface area (Å²) in [6.45, 7) is 4.58. The summed E-state index contributed by atoms with van der Waals surface area (Å²) >= 11 is 0. The molecule has 2 aromatic heterocycles. The molecule has 2 unspecified atom stereocenters. The molecule has 2 aliphatic rings. The molecule has 4 heterocycles. The highest BCUT2D eigenvalue weighted by Crippen LogP contribution is 2.34. The molecule has 5 nitrogen and oxygen atoms in total. The first-order valence-corrected chi connectivity index (χ1v) is 8.55. The van der Waals surface area contributed by atoms with Crippen LogP contribution >= 0.6 is 0 Å². The molecule has 0 N–H and O–H groups in total. The van der Waals surface area contributed by atoms with Crippen molar-refractivity contribution < 1.29 is 4.79 Å². The van der Waals surface area contributed by atoms with E-state index in [1.807, 2.05) is 25.1 Å². The van der Waals surface area contributed by atoms with Crippen LogP contribution in [0.4, 0.5) is 0 Å². The summed E-state index contributed by atoms with van der Waals surface area (Å²) in [6, 6.07) is 10.8. The number of hydrogen-bond acceptors (Lipinski definition) is 4. The number of amides is 1. The van der Waals surface area contributed by atoms with Gasteiger partial charge in [0.25, 0.3) is 0 Å². The number of aromatic nitrogens is 2. The zero-order valence-corrected chi connectivity index (χ0v) is 13.9. The van der Waals surface area contributed by atoms with Crippen LogP contribution in [0.25, 0.3) is 0 Å². The number of rotatable bonds is 4. The molecule has 0 saturated carbocycles. The quantitative estimate of drug-likeness (QED) is 0.865. The van der Waals surface area contributed by atoms with Crippen LogP contribution in [0.5, 0.6) is 0 Å². The van der Waals surface area contributed by atoms with E-state index >= 15 is 0 Å². The Morgan fingerprint density at radius 1 is 1.12 bits per heavy atom. The Morgan fingerprint density at radius 3 is 2.75 bits per heavy atom. The number of nitrogens with zero attached hydrogens (tertiary/aromatic N) is 4. The number of pyridine rings is 2. The second-order valence-corrected chi connectivity index (χ2v) is 6.75. The van der Waals surface area contributed by atoms with Crippen molar-refractivity contribution in [1.82, 2.24) is 19.8 Å². The smallest absolute Gasteiger partial charge is 0.224 e. The highest BCUT2D eigenvalue weighted by molar-refractivity contribution is 5.80. The minimum absolute atomic E-state index is 0.267. The summed E-state index contributed by atoms with van der Waals surface area (Å²) in [5.74, 6) is 0.267. The van der Waals surface area contributed by atoms with Gasteiger partial charge in [-0.1, -0.05) is 6.07 Å². The van der Waals surface area contributed by atoms with Crippen molar-refractivity contribution in [3.8, 4) is 0 Å². The molecule has 0 aliphatic carbocycles. The lowest BCUT2D eigenvalue weighted by molar-refractivity contribution is -0.129. The van der Waals surface area contributed by atoms with E-state index in [-0.39, 0.29) is 5.91 Å². The average molecular weight is 322 g/mol. The highest BCUT2D eigenvalue weighted by atomic mass is 16.2. The van der Waals surface area contributed by atoms with Crippen molar-refractivity contribution in [1.29, 1.82) is 0 Å². The molecule has 124 valence electrons. The topological polar surface area (TPSA) is 49.3 Å². The van der Waals surface area contributed by atoms with E-state index in [0.717, 1.165) is 36.5 Å². The number of fused-ring (bicyclic) bond motifs is 1. The summed E-state index contributed by atoms with van der Waals surface area (Å²) in [5.41, 5.74) is 3.29. The maximum absolute atomic E-state index is 12.5. The molecule has 1 amide bonds. The van der Waals surface area contributed by atoms with Crippen molar-refractivity contribution in [3.05, 3.63) is 59.7 Å². The van der Waals surface area contributed by atoms with Gasteiger partial charge in [0, 0.05) is 56.2 Å². The fourth-order valence-electron chi connectivity index (χ4n) is 3.99. The largest absolute Gasteiger partial charge is 0.334 e. The third-order valence-electron chi connectivity index (χ3n) is 5.14. The number of carbonyl (C=O) groups is 1. The van der Waals surface area contributed by atoms with Crippen LogP contribution in [0.3, 0.4) is 0 Å². The first kappa shape index (κ1) is 15.3. The van der Waals surface area contributed by atoms with Crippen LogP contribution in [0.2, 0.25) is 0 Å². The van der Waals surface area contributed by atoms with Gasteiger partial charge in [-0.15, -0.1) is 0 Å². The lowest BCUT2D eigenvalue weighted by Crippen LogP contribution is -2.36. The van der Waals surface area contributed by atoms with Gasteiger partial charge >= 0.3 is 0 Å². The standard InChI is InChI=1S/C19H22N4O/c1-14-3-2-4-16(21-14)13-22-10-7-17-18(22)11-19(24)23(17)12-15-5-8-20-9-6-15/h2-6,8-9,17-18H,7,10-13H2,1H3. The molecule has 2 saturated heterocycles. The van der Waals surface area contributed by atoms with Gasteiger partial charge in [0.15, 0.2) is 0 Å². The Hall–Kier alpha value is -2.27. The minimum atomic E-state index is 0.267. The van der Waals surface area contributed by atoms with Gasteiger partial charge in [-0.3, -0.25) is 19.7 Å². The first-order chi connectivity index (χ1) is 11.7. The van der Waals surface area contributed by atoms with E-state index in [1.165, 1.54) is 0 Å². The lowest BCUT2D eigenvalue weighted by Gasteiger charge is -2.25. The van der Waals surface area contributed by atoms with Crippen LogP contribution < -0.4 is 0 Å². The number of aryl methyl sites for hydroxylation is 1. The highest BCUT2D eigenvalue weighted by Gasteiger charge is 2.46. The van der Waals surface area contributed by atoms with Gasteiger partial charge in [-0.2, -0.15) is 0 Å². The Balaban J connectivity index is 1.47. The maximum Gasteiger partial charge on any atom is 0.224 e. The van der Waals surface area contributed by atoms with Crippen LogP contribution in [-0.2, 0) is 17.9 Å². The predicted octanol–water partition coefficient (Wildman–Crippen LogP) is 2.16. The van der Waals surface area contributed by atoms with Gasteiger partial charge in [-0.25, -0.2) is 0 Å². The SMILES string of the molecule is Cc1cccc(CN2CCC3C2CC(=O)N3Cc2ccncc2)n1.